The second-order valence-corrected chi connectivity index (χ2v) is 8.38. The van der Waals surface area contributed by atoms with Gasteiger partial charge in [0.15, 0.2) is 5.78 Å². The molecule has 1 aliphatic rings. The summed E-state index contributed by atoms with van der Waals surface area (Å²) in [7, 11) is 0. The van der Waals surface area contributed by atoms with Crippen molar-refractivity contribution in [2.45, 2.75) is 52.1 Å². The number of esters is 1. The average molecular weight is 379 g/mol. The summed E-state index contributed by atoms with van der Waals surface area (Å²) in [6, 6.07) is 18.3. The zero-order valence-electron chi connectivity index (χ0n) is 17.0. The monoisotopic (exact) mass is 378 g/mol. The summed E-state index contributed by atoms with van der Waals surface area (Å²) < 4.78 is 6.04. The Kier molecular flexibility index (Phi) is 6.66. The fourth-order valence-electron chi connectivity index (χ4n) is 4.28. The molecule has 1 fully saturated rings. The summed E-state index contributed by atoms with van der Waals surface area (Å²) in [6.45, 7) is 6.58. The second kappa shape index (κ2) is 9.18. The van der Waals surface area contributed by atoms with E-state index in [9.17, 15) is 9.59 Å². The van der Waals surface area contributed by atoms with Crippen LogP contribution in [0.3, 0.4) is 0 Å². The maximum Gasteiger partial charge on any atom is 0.321 e. The molecule has 148 valence electrons. The Morgan fingerprint density at radius 2 is 1.54 bits per heavy atom. The molecule has 0 amide bonds. The lowest BCUT2D eigenvalue weighted by Gasteiger charge is -2.37. The maximum absolute atomic E-state index is 13.3. The SMILES string of the molecule is CC(C)[C@H]1CC[C@H](C)C[C@H]1OC(=O)[C@@H](C(=O)c1ccccc1)c1ccccc1. The fourth-order valence-corrected chi connectivity index (χ4v) is 4.28. The number of rotatable bonds is 6. The molecule has 3 nitrogen and oxygen atoms in total. The Balaban J connectivity index is 1.87. The molecule has 1 aliphatic carbocycles. The number of benzene rings is 2. The molecule has 0 radical (unpaired) electrons. The van der Waals surface area contributed by atoms with Gasteiger partial charge in [-0.3, -0.25) is 9.59 Å². The van der Waals surface area contributed by atoms with E-state index in [-0.39, 0.29) is 11.9 Å². The largest absolute Gasteiger partial charge is 0.461 e. The van der Waals surface area contributed by atoms with Crippen LogP contribution in [-0.4, -0.2) is 17.9 Å². The van der Waals surface area contributed by atoms with Crippen LogP contribution >= 0.6 is 0 Å². The minimum absolute atomic E-state index is 0.119. The van der Waals surface area contributed by atoms with Crippen molar-refractivity contribution in [3.63, 3.8) is 0 Å². The predicted molar refractivity (Wildman–Crippen MR) is 111 cm³/mol. The van der Waals surface area contributed by atoms with Crippen molar-refractivity contribution in [1.29, 1.82) is 0 Å². The van der Waals surface area contributed by atoms with E-state index in [1.165, 1.54) is 6.42 Å². The number of hydrogen-bond donors (Lipinski definition) is 0. The Bertz CT molecular complexity index is 782. The van der Waals surface area contributed by atoms with Crippen molar-refractivity contribution in [1.82, 2.24) is 0 Å². The molecule has 0 saturated heterocycles. The number of hydrogen-bond acceptors (Lipinski definition) is 3. The van der Waals surface area contributed by atoms with E-state index < -0.39 is 11.9 Å². The molecule has 0 aromatic heterocycles. The van der Waals surface area contributed by atoms with Gasteiger partial charge in [0.1, 0.15) is 12.0 Å². The lowest BCUT2D eigenvalue weighted by Crippen LogP contribution is -2.38. The Morgan fingerprint density at radius 3 is 2.14 bits per heavy atom. The summed E-state index contributed by atoms with van der Waals surface area (Å²) in [6.07, 6.45) is 2.99. The van der Waals surface area contributed by atoms with Gasteiger partial charge in [-0.15, -0.1) is 0 Å². The van der Waals surface area contributed by atoms with Crippen molar-refractivity contribution < 1.29 is 14.3 Å². The molecule has 2 aromatic carbocycles. The zero-order valence-corrected chi connectivity index (χ0v) is 17.0. The number of carbonyl (C=O) groups excluding carboxylic acids is 2. The number of ether oxygens (including phenoxy) is 1. The van der Waals surface area contributed by atoms with Crippen molar-refractivity contribution in [3.05, 3.63) is 71.8 Å². The summed E-state index contributed by atoms with van der Waals surface area (Å²) >= 11 is 0. The van der Waals surface area contributed by atoms with Gasteiger partial charge < -0.3 is 4.74 Å². The van der Waals surface area contributed by atoms with Crippen molar-refractivity contribution in [2.75, 3.05) is 0 Å². The van der Waals surface area contributed by atoms with Gasteiger partial charge in [0.05, 0.1) is 0 Å². The number of Topliss-reactive ketones (excluding diaryl/α,β-unsaturated/α-hetero) is 1. The maximum atomic E-state index is 13.3. The zero-order chi connectivity index (χ0) is 20.1. The molecule has 4 atom stereocenters. The first-order chi connectivity index (χ1) is 13.5. The molecule has 3 rings (SSSR count). The topological polar surface area (TPSA) is 43.4 Å². The predicted octanol–water partition coefficient (Wildman–Crippen LogP) is 5.66. The van der Waals surface area contributed by atoms with Crippen LogP contribution in [-0.2, 0) is 9.53 Å². The van der Waals surface area contributed by atoms with Crippen molar-refractivity contribution in [2.24, 2.45) is 17.8 Å². The van der Waals surface area contributed by atoms with E-state index >= 15 is 0 Å². The number of carbonyl (C=O) groups is 2. The molecule has 0 N–H and O–H groups in total. The van der Waals surface area contributed by atoms with Crippen molar-refractivity contribution in [3.8, 4) is 0 Å². The molecule has 3 heteroatoms. The molecular weight excluding hydrogens is 348 g/mol. The van der Waals surface area contributed by atoms with E-state index in [2.05, 4.69) is 20.8 Å². The van der Waals surface area contributed by atoms with Crippen LogP contribution in [0.4, 0.5) is 0 Å². The Labute approximate surface area is 168 Å². The normalized spacial score (nSPS) is 23.2. The molecule has 0 aliphatic heterocycles. The third-order valence-electron chi connectivity index (χ3n) is 5.92. The lowest BCUT2D eigenvalue weighted by molar-refractivity contribution is -0.156. The van der Waals surface area contributed by atoms with Gasteiger partial charge in [-0.2, -0.15) is 0 Å². The molecule has 28 heavy (non-hydrogen) atoms. The van der Waals surface area contributed by atoms with Crippen LogP contribution in [0.5, 0.6) is 0 Å². The minimum Gasteiger partial charge on any atom is -0.461 e. The van der Waals surface area contributed by atoms with Crippen LogP contribution in [0.1, 0.15) is 61.9 Å². The molecule has 0 heterocycles. The average Bonchev–Trinajstić information content (AvgIpc) is 2.69. The second-order valence-electron chi connectivity index (χ2n) is 8.38. The highest BCUT2D eigenvalue weighted by atomic mass is 16.5. The summed E-state index contributed by atoms with van der Waals surface area (Å²) in [5.41, 5.74) is 1.22. The van der Waals surface area contributed by atoms with Crippen LogP contribution in [0.2, 0.25) is 0 Å². The van der Waals surface area contributed by atoms with Crippen molar-refractivity contribution >= 4 is 11.8 Å². The smallest absolute Gasteiger partial charge is 0.321 e. The van der Waals surface area contributed by atoms with Gasteiger partial charge in [-0.25, -0.2) is 0 Å². The quantitative estimate of drug-likeness (QED) is 0.370. The highest BCUT2D eigenvalue weighted by Gasteiger charge is 2.37. The fraction of sp³-hybridized carbons (Fsp3) is 0.440. The molecule has 2 aromatic rings. The first-order valence-electron chi connectivity index (χ1n) is 10.3. The standard InChI is InChI=1S/C25H30O3/c1-17(2)21-15-14-18(3)16-22(21)28-25(27)23(19-10-6-4-7-11-19)24(26)20-12-8-5-9-13-20/h4-13,17-18,21-23H,14-16H2,1-3H3/t18-,21+,22+,23+/m0/s1. The van der Waals surface area contributed by atoms with Gasteiger partial charge in [-0.05, 0) is 36.2 Å². The van der Waals surface area contributed by atoms with Gasteiger partial charge in [0, 0.05) is 5.56 Å². The molecular formula is C25H30O3. The molecule has 0 bridgehead atoms. The molecule has 0 unspecified atom stereocenters. The van der Waals surface area contributed by atoms with E-state index in [1.807, 2.05) is 48.5 Å². The summed E-state index contributed by atoms with van der Waals surface area (Å²) in [4.78, 5) is 26.5. The highest BCUT2D eigenvalue weighted by Crippen LogP contribution is 2.36. The van der Waals surface area contributed by atoms with Gasteiger partial charge in [-0.1, -0.05) is 87.9 Å². The Morgan fingerprint density at radius 1 is 0.929 bits per heavy atom. The summed E-state index contributed by atoms with van der Waals surface area (Å²) in [5.74, 6) is -0.221. The Hall–Kier alpha value is -2.42. The first kappa shape index (κ1) is 20.3. The number of ketones is 1. The molecule has 0 spiro atoms. The van der Waals surface area contributed by atoms with Gasteiger partial charge in [0.25, 0.3) is 0 Å². The summed E-state index contributed by atoms with van der Waals surface area (Å²) in [5, 5.41) is 0. The van der Waals surface area contributed by atoms with Gasteiger partial charge >= 0.3 is 5.97 Å². The van der Waals surface area contributed by atoms with Crippen LogP contribution in [0, 0.1) is 17.8 Å². The van der Waals surface area contributed by atoms with E-state index in [0.717, 1.165) is 12.8 Å². The van der Waals surface area contributed by atoms with E-state index in [1.54, 1.807) is 12.1 Å². The van der Waals surface area contributed by atoms with Crippen LogP contribution in [0.15, 0.2) is 60.7 Å². The minimum atomic E-state index is -0.923. The molecule has 1 saturated carbocycles. The lowest BCUT2D eigenvalue weighted by atomic mass is 9.75. The van der Waals surface area contributed by atoms with E-state index in [0.29, 0.717) is 28.9 Å². The third kappa shape index (κ3) is 4.70. The van der Waals surface area contributed by atoms with Crippen LogP contribution in [0.25, 0.3) is 0 Å². The first-order valence-corrected chi connectivity index (χ1v) is 10.3. The van der Waals surface area contributed by atoms with Crippen LogP contribution < -0.4 is 0 Å². The van der Waals surface area contributed by atoms with Gasteiger partial charge in [0.2, 0.25) is 0 Å². The highest BCUT2D eigenvalue weighted by molar-refractivity contribution is 6.13. The third-order valence-corrected chi connectivity index (χ3v) is 5.92. The van der Waals surface area contributed by atoms with E-state index in [4.69, 9.17) is 4.74 Å².